The largest absolute Gasteiger partial charge is 0.353 e. The number of nitrogens with zero attached hydrogens (tertiary/aromatic N) is 1. The van der Waals surface area contributed by atoms with E-state index < -0.39 is 10.0 Å². The lowest BCUT2D eigenvalue weighted by atomic mass is 10.1. The van der Waals surface area contributed by atoms with Gasteiger partial charge in [-0.25, -0.2) is 8.42 Å². The standard InChI is InChI=1S/C17H26N2O3S/c1-13-7-6-10-16(14(13)2)19(23(3,21)22)12-11-17(20)18-15-8-4-5-9-15/h6-7,10,15H,4-5,8-9,11-12H2,1-3H3,(H,18,20). The number of amides is 1. The molecule has 23 heavy (non-hydrogen) atoms. The summed E-state index contributed by atoms with van der Waals surface area (Å²) in [6.07, 6.45) is 5.73. The Morgan fingerprint density at radius 1 is 1.26 bits per heavy atom. The molecule has 1 aliphatic carbocycles. The van der Waals surface area contributed by atoms with Crippen molar-refractivity contribution in [1.29, 1.82) is 0 Å². The topological polar surface area (TPSA) is 66.5 Å². The molecule has 1 saturated carbocycles. The normalized spacial score (nSPS) is 15.6. The minimum Gasteiger partial charge on any atom is -0.353 e. The highest BCUT2D eigenvalue weighted by atomic mass is 32.2. The molecule has 1 fully saturated rings. The molecule has 1 aromatic carbocycles. The molecule has 0 unspecified atom stereocenters. The summed E-state index contributed by atoms with van der Waals surface area (Å²) in [7, 11) is -3.43. The molecular formula is C17H26N2O3S. The van der Waals surface area contributed by atoms with Crippen molar-refractivity contribution in [3.63, 3.8) is 0 Å². The fourth-order valence-electron chi connectivity index (χ4n) is 3.04. The lowest BCUT2D eigenvalue weighted by Gasteiger charge is -2.25. The highest BCUT2D eigenvalue weighted by Gasteiger charge is 2.22. The van der Waals surface area contributed by atoms with Gasteiger partial charge in [0.1, 0.15) is 0 Å². The van der Waals surface area contributed by atoms with Gasteiger partial charge in [0.05, 0.1) is 11.9 Å². The Morgan fingerprint density at radius 2 is 1.91 bits per heavy atom. The first-order valence-corrected chi connectivity index (χ1v) is 9.97. The van der Waals surface area contributed by atoms with Crippen LogP contribution in [-0.4, -0.2) is 33.2 Å². The van der Waals surface area contributed by atoms with Crippen LogP contribution in [0.1, 0.15) is 43.2 Å². The number of hydrogen-bond acceptors (Lipinski definition) is 3. The molecule has 0 radical (unpaired) electrons. The minimum atomic E-state index is -3.43. The SMILES string of the molecule is Cc1cccc(N(CCC(=O)NC2CCCC2)S(C)(=O)=O)c1C. The number of hydrogen-bond donors (Lipinski definition) is 1. The number of benzene rings is 1. The number of aryl methyl sites for hydroxylation is 1. The Morgan fingerprint density at radius 3 is 2.52 bits per heavy atom. The van der Waals surface area contributed by atoms with E-state index in [2.05, 4.69) is 5.32 Å². The molecule has 128 valence electrons. The summed E-state index contributed by atoms with van der Waals surface area (Å²) in [4.78, 5) is 12.1. The summed E-state index contributed by atoms with van der Waals surface area (Å²) in [6.45, 7) is 4.02. The number of carbonyl (C=O) groups is 1. The lowest BCUT2D eigenvalue weighted by Crippen LogP contribution is -2.37. The average molecular weight is 338 g/mol. The van der Waals surface area contributed by atoms with Gasteiger partial charge in [-0.1, -0.05) is 25.0 Å². The van der Waals surface area contributed by atoms with E-state index >= 15 is 0 Å². The Kier molecular flexibility index (Phi) is 5.68. The van der Waals surface area contributed by atoms with Gasteiger partial charge < -0.3 is 5.32 Å². The second-order valence-electron chi connectivity index (χ2n) is 6.35. The molecule has 1 aromatic rings. The van der Waals surface area contributed by atoms with Crippen LogP contribution in [0.5, 0.6) is 0 Å². The Balaban J connectivity index is 2.08. The molecule has 1 N–H and O–H groups in total. The Hall–Kier alpha value is -1.56. The molecule has 0 heterocycles. The van der Waals surface area contributed by atoms with Crippen molar-refractivity contribution in [1.82, 2.24) is 5.32 Å². The fraction of sp³-hybridized carbons (Fsp3) is 0.588. The molecular weight excluding hydrogens is 312 g/mol. The third-order valence-electron chi connectivity index (χ3n) is 4.51. The molecule has 0 spiro atoms. The molecule has 0 saturated heterocycles. The van der Waals surface area contributed by atoms with E-state index in [4.69, 9.17) is 0 Å². The zero-order valence-corrected chi connectivity index (χ0v) is 14.9. The van der Waals surface area contributed by atoms with Gasteiger partial charge in [0, 0.05) is 19.0 Å². The summed E-state index contributed by atoms with van der Waals surface area (Å²) in [5.41, 5.74) is 2.61. The van der Waals surface area contributed by atoms with Gasteiger partial charge in [0.15, 0.2) is 0 Å². The summed E-state index contributed by atoms with van der Waals surface area (Å²) in [5.74, 6) is -0.0733. The Bertz CT molecular complexity index is 664. The summed E-state index contributed by atoms with van der Waals surface area (Å²) >= 11 is 0. The van der Waals surface area contributed by atoms with Crippen molar-refractivity contribution < 1.29 is 13.2 Å². The van der Waals surface area contributed by atoms with Crippen LogP contribution in [0, 0.1) is 13.8 Å². The van der Waals surface area contributed by atoms with E-state index in [1.54, 1.807) is 6.07 Å². The van der Waals surface area contributed by atoms with Crippen molar-refractivity contribution in [3.05, 3.63) is 29.3 Å². The monoisotopic (exact) mass is 338 g/mol. The second-order valence-corrected chi connectivity index (χ2v) is 8.26. The van der Waals surface area contributed by atoms with E-state index in [0.717, 1.165) is 36.8 Å². The number of sulfonamides is 1. The van der Waals surface area contributed by atoms with Crippen LogP contribution in [-0.2, 0) is 14.8 Å². The van der Waals surface area contributed by atoms with Gasteiger partial charge >= 0.3 is 0 Å². The molecule has 5 nitrogen and oxygen atoms in total. The van der Waals surface area contributed by atoms with Gasteiger partial charge in [-0.2, -0.15) is 0 Å². The molecule has 0 aromatic heterocycles. The molecule has 2 rings (SSSR count). The van der Waals surface area contributed by atoms with E-state index in [1.807, 2.05) is 26.0 Å². The van der Waals surface area contributed by atoms with E-state index in [9.17, 15) is 13.2 Å². The smallest absolute Gasteiger partial charge is 0.232 e. The van der Waals surface area contributed by atoms with Crippen molar-refractivity contribution in [2.24, 2.45) is 0 Å². The first-order chi connectivity index (χ1) is 10.8. The lowest BCUT2D eigenvalue weighted by molar-refractivity contribution is -0.121. The van der Waals surface area contributed by atoms with Crippen LogP contribution in [0.3, 0.4) is 0 Å². The van der Waals surface area contributed by atoms with Gasteiger partial charge in [0.2, 0.25) is 15.9 Å². The molecule has 0 bridgehead atoms. The van der Waals surface area contributed by atoms with Crippen LogP contribution < -0.4 is 9.62 Å². The predicted molar refractivity (Wildman–Crippen MR) is 93.1 cm³/mol. The maximum atomic E-state index is 12.1. The van der Waals surface area contributed by atoms with Crippen LogP contribution in [0.15, 0.2) is 18.2 Å². The van der Waals surface area contributed by atoms with Gasteiger partial charge in [-0.15, -0.1) is 0 Å². The van der Waals surface area contributed by atoms with Crippen LogP contribution in [0.25, 0.3) is 0 Å². The first kappa shape index (κ1) is 17.8. The number of rotatable bonds is 6. The van der Waals surface area contributed by atoms with Gasteiger partial charge in [0.25, 0.3) is 0 Å². The maximum absolute atomic E-state index is 12.1. The third-order valence-corrected chi connectivity index (χ3v) is 5.69. The summed E-state index contributed by atoms with van der Waals surface area (Å²) < 4.78 is 25.6. The quantitative estimate of drug-likeness (QED) is 0.867. The Labute approximate surface area is 139 Å². The predicted octanol–water partition coefficient (Wildman–Crippen LogP) is 2.52. The third kappa shape index (κ3) is 4.70. The number of nitrogens with one attached hydrogen (secondary N) is 1. The van der Waals surface area contributed by atoms with Crippen LogP contribution >= 0.6 is 0 Å². The van der Waals surface area contributed by atoms with Gasteiger partial charge in [-0.3, -0.25) is 9.10 Å². The van der Waals surface area contributed by atoms with E-state index in [1.165, 1.54) is 10.6 Å². The molecule has 6 heteroatoms. The maximum Gasteiger partial charge on any atom is 0.232 e. The zero-order chi connectivity index (χ0) is 17.0. The second kappa shape index (κ2) is 7.34. The average Bonchev–Trinajstić information content (AvgIpc) is 2.95. The molecule has 0 aliphatic heterocycles. The van der Waals surface area contributed by atoms with E-state index in [0.29, 0.717) is 5.69 Å². The summed E-state index contributed by atoms with van der Waals surface area (Å²) in [6, 6.07) is 5.84. The van der Waals surface area contributed by atoms with Crippen LogP contribution in [0.4, 0.5) is 5.69 Å². The number of anilines is 1. The first-order valence-electron chi connectivity index (χ1n) is 8.12. The van der Waals surface area contributed by atoms with Crippen molar-refractivity contribution in [2.45, 2.75) is 52.0 Å². The van der Waals surface area contributed by atoms with E-state index in [-0.39, 0.29) is 24.9 Å². The van der Waals surface area contributed by atoms with Gasteiger partial charge in [-0.05, 0) is 43.9 Å². The zero-order valence-electron chi connectivity index (χ0n) is 14.1. The summed E-state index contributed by atoms with van der Waals surface area (Å²) in [5, 5.41) is 3.00. The highest BCUT2D eigenvalue weighted by Crippen LogP contribution is 2.25. The van der Waals surface area contributed by atoms with Crippen molar-refractivity contribution in [2.75, 3.05) is 17.1 Å². The molecule has 1 amide bonds. The fourth-order valence-corrected chi connectivity index (χ4v) is 4.02. The van der Waals surface area contributed by atoms with Crippen LogP contribution in [0.2, 0.25) is 0 Å². The van der Waals surface area contributed by atoms with Crippen molar-refractivity contribution >= 4 is 21.6 Å². The minimum absolute atomic E-state index is 0.0733. The number of carbonyl (C=O) groups excluding carboxylic acids is 1. The van der Waals surface area contributed by atoms with Crippen molar-refractivity contribution in [3.8, 4) is 0 Å². The molecule has 0 atom stereocenters. The highest BCUT2D eigenvalue weighted by molar-refractivity contribution is 7.92. The molecule has 1 aliphatic rings.